The highest BCUT2D eigenvalue weighted by Crippen LogP contribution is 2.40. The Bertz CT molecular complexity index is 1980. The molecule has 49 heavy (non-hydrogen) atoms. The molecule has 7 rings (SSSR count). The van der Waals surface area contributed by atoms with Crippen LogP contribution in [0, 0.1) is 22.9 Å². The standard InChI is InChI=1S/C35H34FN7O4S2/c1-23-22-48-34(37-23)49-32-10-8-26(43(45)46)18-29(32)33(44)38-25-7-9-30(36)28(17-25)31-21-42(40-39-31)27-11-16-47-35(19-27)12-14-41(15-13-35)20-24-5-3-2-4-6-24/h2-10,17-18,21-22,27H,11-16,19-20H2,1H3,(H,38,44). The summed E-state index contributed by atoms with van der Waals surface area (Å²) in [5, 5.41) is 24.9. The first-order valence-electron chi connectivity index (χ1n) is 16.1. The highest BCUT2D eigenvalue weighted by atomic mass is 32.2. The molecule has 252 valence electrons. The number of piperidine rings is 1. The normalized spacial score (nSPS) is 17.6. The molecule has 14 heteroatoms. The maximum Gasteiger partial charge on any atom is 0.270 e. The highest BCUT2D eigenvalue weighted by molar-refractivity contribution is 8.01. The average Bonchev–Trinajstić information content (AvgIpc) is 3.77. The number of aryl methyl sites for hydroxylation is 1. The number of amides is 1. The van der Waals surface area contributed by atoms with Crippen molar-refractivity contribution in [1.29, 1.82) is 0 Å². The number of ether oxygens (including phenoxy) is 1. The number of likely N-dealkylation sites (tertiary alicyclic amines) is 1. The highest BCUT2D eigenvalue weighted by Gasteiger charge is 2.41. The summed E-state index contributed by atoms with van der Waals surface area (Å²) in [6.07, 6.45) is 5.20. The van der Waals surface area contributed by atoms with Crippen LogP contribution < -0.4 is 5.32 Å². The summed E-state index contributed by atoms with van der Waals surface area (Å²) < 4.78 is 24.1. The summed E-state index contributed by atoms with van der Waals surface area (Å²) in [6.45, 7) is 5.32. The van der Waals surface area contributed by atoms with E-state index < -0.39 is 16.6 Å². The Labute approximate surface area is 290 Å². The maximum absolute atomic E-state index is 15.2. The number of anilines is 1. The Morgan fingerprint density at radius 2 is 1.98 bits per heavy atom. The lowest BCUT2D eigenvalue weighted by atomic mass is 9.82. The molecule has 4 heterocycles. The number of nitrogens with zero attached hydrogens (tertiary/aromatic N) is 6. The molecule has 2 fully saturated rings. The summed E-state index contributed by atoms with van der Waals surface area (Å²) >= 11 is 2.67. The van der Waals surface area contributed by atoms with E-state index >= 15 is 4.39 Å². The fraction of sp³-hybridized carbons (Fsp3) is 0.314. The van der Waals surface area contributed by atoms with Gasteiger partial charge < -0.3 is 10.1 Å². The number of rotatable bonds is 9. The van der Waals surface area contributed by atoms with Crippen molar-refractivity contribution >= 4 is 40.4 Å². The van der Waals surface area contributed by atoms with E-state index in [0.717, 1.165) is 51.0 Å². The second kappa shape index (κ2) is 14.2. The van der Waals surface area contributed by atoms with E-state index in [2.05, 4.69) is 49.8 Å². The summed E-state index contributed by atoms with van der Waals surface area (Å²) in [6, 6.07) is 18.9. The van der Waals surface area contributed by atoms with Gasteiger partial charge in [0, 0.05) is 65.6 Å². The molecule has 1 N–H and O–H groups in total. The number of benzene rings is 3. The number of halogens is 1. The zero-order chi connectivity index (χ0) is 34.0. The second-order valence-corrected chi connectivity index (χ2v) is 14.6. The molecule has 3 aromatic carbocycles. The van der Waals surface area contributed by atoms with Crippen molar-refractivity contribution in [2.45, 2.75) is 60.0 Å². The van der Waals surface area contributed by atoms with Gasteiger partial charge in [0.05, 0.1) is 28.3 Å². The van der Waals surface area contributed by atoms with Crippen LogP contribution in [-0.2, 0) is 11.3 Å². The molecule has 0 saturated carbocycles. The first kappa shape index (κ1) is 33.0. The Balaban J connectivity index is 1.05. The first-order chi connectivity index (χ1) is 23.7. The van der Waals surface area contributed by atoms with E-state index in [9.17, 15) is 14.9 Å². The van der Waals surface area contributed by atoms with E-state index in [1.165, 1.54) is 65.1 Å². The fourth-order valence-corrected chi connectivity index (χ4v) is 8.39. The van der Waals surface area contributed by atoms with Crippen LogP contribution in [0.3, 0.4) is 0 Å². The Hall–Kier alpha value is -4.50. The van der Waals surface area contributed by atoms with E-state index in [1.807, 2.05) is 23.1 Å². The van der Waals surface area contributed by atoms with Crippen LogP contribution in [-0.4, -0.2) is 61.0 Å². The van der Waals surface area contributed by atoms with Crippen LogP contribution in [0.15, 0.2) is 87.5 Å². The van der Waals surface area contributed by atoms with Gasteiger partial charge in [0.15, 0.2) is 4.34 Å². The van der Waals surface area contributed by atoms with Crippen LogP contribution in [0.25, 0.3) is 11.3 Å². The van der Waals surface area contributed by atoms with Crippen LogP contribution in [0.2, 0.25) is 0 Å². The number of carbonyl (C=O) groups excluding carboxylic acids is 1. The quantitative estimate of drug-likeness (QED) is 0.123. The zero-order valence-electron chi connectivity index (χ0n) is 26.8. The third-order valence-electron chi connectivity index (χ3n) is 9.08. The maximum atomic E-state index is 15.2. The lowest BCUT2D eigenvalue weighted by molar-refractivity contribution is -0.384. The molecule has 1 spiro atoms. The van der Waals surface area contributed by atoms with Gasteiger partial charge in [-0.2, -0.15) is 0 Å². The summed E-state index contributed by atoms with van der Waals surface area (Å²) in [5.41, 5.74) is 2.67. The largest absolute Gasteiger partial charge is 0.375 e. The second-order valence-electron chi connectivity index (χ2n) is 12.5. The van der Waals surface area contributed by atoms with E-state index in [1.54, 1.807) is 6.20 Å². The van der Waals surface area contributed by atoms with Gasteiger partial charge in [0.1, 0.15) is 11.5 Å². The minimum Gasteiger partial charge on any atom is -0.375 e. The summed E-state index contributed by atoms with van der Waals surface area (Å²) in [4.78, 5) is 31.9. The number of aromatic nitrogens is 4. The van der Waals surface area contributed by atoms with E-state index in [0.29, 0.717) is 27.2 Å². The van der Waals surface area contributed by atoms with Crippen molar-refractivity contribution < 1.29 is 18.8 Å². The van der Waals surface area contributed by atoms with Gasteiger partial charge in [0.2, 0.25) is 0 Å². The molecule has 2 aliphatic rings. The number of hydrogen-bond acceptors (Lipinski definition) is 10. The van der Waals surface area contributed by atoms with Crippen molar-refractivity contribution in [1.82, 2.24) is 24.9 Å². The molecule has 0 bridgehead atoms. The van der Waals surface area contributed by atoms with Gasteiger partial charge in [-0.3, -0.25) is 19.8 Å². The molecular formula is C35H34FN7O4S2. The lowest BCUT2D eigenvalue weighted by Gasteiger charge is -2.46. The van der Waals surface area contributed by atoms with Gasteiger partial charge in [0.25, 0.3) is 11.6 Å². The van der Waals surface area contributed by atoms with Crippen molar-refractivity contribution in [2.75, 3.05) is 25.0 Å². The van der Waals surface area contributed by atoms with Crippen molar-refractivity contribution in [3.63, 3.8) is 0 Å². The first-order valence-corrected chi connectivity index (χ1v) is 17.7. The Morgan fingerprint density at radius 3 is 2.73 bits per heavy atom. The molecule has 11 nitrogen and oxygen atoms in total. The van der Waals surface area contributed by atoms with Crippen LogP contribution >= 0.6 is 23.1 Å². The molecule has 2 saturated heterocycles. The van der Waals surface area contributed by atoms with Crippen LogP contribution in [0.1, 0.15) is 53.3 Å². The van der Waals surface area contributed by atoms with Gasteiger partial charge in [-0.15, -0.1) is 16.4 Å². The van der Waals surface area contributed by atoms with Crippen molar-refractivity contribution in [3.05, 3.63) is 111 Å². The van der Waals surface area contributed by atoms with Crippen LogP contribution in [0.5, 0.6) is 0 Å². The van der Waals surface area contributed by atoms with Crippen molar-refractivity contribution in [2.24, 2.45) is 0 Å². The predicted octanol–water partition coefficient (Wildman–Crippen LogP) is 7.55. The summed E-state index contributed by atoms with van der Waals surface area (Å²) in [5.74, 6) is -1.08. The molecule has 2 aromatic heterocycles. The molecule has 1 unspecified atom stereocenters. The number of carbonyl (C=O) groups is 1. The summed E-state index contributed by atoms with van der Waals surface area (Å²) in [7, 11) is 0. The molecule has 2 aliphatic heterocycles. The number of nitrogens with one attached hydrogen (secondary N) is 1. The molecule has 1 amide bonds. The number of nitro groups is 1. The fourth-order valence-electron chi connectivity index (χ4n) is 6.48. The Kier molecular flexibility index (Phi) is 9.54. The smallest absolute Gasteiger partial charge is 0.270 e. The lowest BCUT2D eigenvalue weighted by Crippen LogP contribution is -2.49. The average molecular weight is 700 g/mol. The molecule has 0 radical (unpaired) electrons. The third-order valence-corrected chi connectivity index (χ3v) is 11.2. The molecule has 1 atom stereocenters. The number of non-ortho nitro benzene ring substituents is 1. The van der Waals surface area contributed by atoms with E-state index in [-0.39, 0.29) is 28.5 Å². The molecule has 5 aromatic rings. The topological polar surface area (TPSA) is 128 Å². The van der Waals surface area contributed by atoms with Crippen molar-refractivity contribution in [3.8, 4) is 11.3 Å². The predicted molar refractivity (Wildman–Crippen MR) is 185 cm³/mol. The zero-order valence-corrected chi connectivity index (χ0v) is 28.4. The minimum absolute atomic E-state index is 0.0630. The van der Waals surface area contributed by atoms with Gasteiger partial charge >= 0.3 is 0 Å². The van der Waals surface area contributed by atoms with Crippen LogP contribution in [0.4, 0.5) is 15.8 Å². The third kappa shape index (κ3) is 7.57. The van der Waals surface area contributed by atoms with Gasteiger partial charge in [-0.1, -0.05) is 47.3 Å². The number of hydrogen-bond donors (Lipinski definition) is 1. The monoisotopic (exact) mass is 699 g/mol. The van der Waals surface area contributed by atoms with Gasteiger partial charge in [-0.05, 0) is 62.4 Å². The SMILES string of the molecule is Cc1csc(Sc2ccc([N+](=O)[O-])cc2C(=O)Nc2ccc(F)c(-c3cn(C4CCOC5(CCN(Cc6ccccc6)CC5)C4)nn3)c2)n1. The van der Waals surface area contributed by atoms with E-state index in [4.69, 9.17) is 4.74 Å². The molecular weight excluding hydrogens is 666 g/mol. The number of nitro benzene ring substituents is 1. The Morgan fingerprint density at radius 1 is 1.16 bits per heavy atom. The minimum atomic E-state index is -0.567. The molecule has 0 aliphatic carbocycles. The van der Waals surface area contributed by atoms with Gasteiger partial charge in [-0.25, -0.2) is 14.1 Å². The number of thiazole rings is 1.